The molecule has 1 heterocycles. The van der Waals surface area contributed by atoms with E-state index in [1.807, 2.05) is 18.2 Å². The average Bonchev–Trinajstić information content (AvgIpc) is 2.55. The zero-order valence-corrected chi connectivity index (χ0v) is 9.83. The summed E-state index contributed by atoms with van der Waals surface area (Å²) in [7, 11) is 0. The van der Waals surface area contributed by atoms with E-state index in [0.717, 1.165) is 16.8 Å². The Balaban J connectivity index is 2.06. The first kappa shape index (κ1) is 11.9. The van der Waals surface area contributed by atoms with Gasteiger partial charge in [-0.3, -0.25) is 9.59 Å². The number of anilines is 1. The Hall–Kier alpha value is -1.55. The van der Waals surface area contributed by atoms with E-state index in [-0.39, 0.29) is 12.3 Å². The maximum atomic E-state index is 11.2. The Labute approximate surface area is 104 Å². The molecular weight excluding hydrogens is 242 g/mol. The predicted molar refractivity (Wildman–Crippen MR) is 64.4 cm³/mol. The van der Waals surface area contributed by atoms with Crippen LogP contribution in [0, 0.1) is 0 Å². The quantitative estimate of drug-likeness (QED) is 0.805. The van der Waals surface area contributed by atoms with Gasteiger partial charge in [0.25, 0.3) is 0 Å². The fourth-order valence-electron chi connectivity index (χ4n) is 1.93. The third-order valence-electron chi connectivity index (χ3n) is 2.65. The molecule has 1 amide bonds. The minimum atomic E-state index is -0.900. The van der Waals surface area contributed by atoms with Crippen LogP contribution in [0.1, 0.15) is 17.5 Å². The van der Waals surface area contributed by atoms with E-state index in [1.165, 1.54) is 0 Å². The molecule has 2 rings (SSSR count). The van der Waals surface area contributed by atoms with Crippen molar-refractivity contribution in [2.75, 3.05) is 5.32 Å². The third kappa shape index (κ3) is 2.97. The van der Waals surface area contributed by atoms with Gasteiger partial charge in [-0.1, -0.05) is 12.1 Å². The summed E-state index contributed by atoms with van der Waals surface area (Å²) < 4.78 is 0. The van der Waals surface area contributed by atoms with Crippen LogP contribution in [0.2, 0.25) is 0 Å². The normalized spacial score (nSPS) is 15.2. The van der Waals surface area contributed by atoms with Crippen LogP contribution in [-0.2, 0) is 22.4 Å². The van der Waals surface area contributed by atoms with Gasteiger partial charge in [-0.2, -0.15) is 0 Å². The van der Waals surface area contributed by atoms with Crippen molar-refractivity contribution in [2.24, 2.45) is 0 Å². The zero-order valence-electron chi connectivity index (χ0n) is 9.07. The van der Waals surface area contributed by atoms with Crippen LogP contribution in [0.4, 0.5) is 5.69 Å². The van der Waals surface area contributed by atoms with Crippen LogP contribution in [0.15, 0.2) is 18.2 Å². The molecule has 1 unspecified atom stereocenters. The Bertz CT molecular complexity index is 473. The highest BCUT2D eigenvalue weighted by Crippen LogP contribution is 2.25. The van der Waals surface area contributed by atoms with Gasteiger partial charge in [-0.25, -0.2) is 0 Å². The number of alkyl halides is 1. The molecule has 17 heavy (non-hydrogen) atoms. The maximum absolute atomic E-state index is 11.2. The van der Waals surface area contributed by atoms with Gasteiger partial charge in [0, 0.05) is 11.1 Å². The number of fused-ring (bicyclic) bond motifs is 1. The average molecular weight is 254 g/mol. The number of aliphatic carboxylic acids is 1. The molecule has 0 aliphatic carbocycles. The van der Waals surface area contributed by atoms with Gasteiger partial charge >= 0.3 is 5.97 Å². The van der Waals surface area contributed by atoms with Crippen LogP contribution < -0.4 is 5.32 Å². The molecule has 0 aromatic heterocycles. The summed E-state index contributed by atoms with van der Waals surface area (Å²) >= 11 is 5.93. The Kier molecular flexibility index (Phi) is 3.33. The molecule has 0 fully saturated rings. The van der Waals surface area contributed by atoms with Crippen LogP contribution >= 0.6 is 11.6 Å². The van der Waals surface area contributed by atoms with Gasteiger partial charge in [0.2, 0.25) is 5.91 Å². The van der Waals surface area contributed by atoms with Crippen molar-refractivity contribution in [1.29, 1.82) is 0 Å². The number of carbonyl (C=O) groups excluding carboxylic acids is 1. The number of rotatable bonds is 4. The second kappa shape index (κ2) is 4.75. The molecule has 1 aromatic carbocycles. The predicted octanol–water partition coefficient (Wildman–Crippen LogP) is 1.81. The molecule has 1 atom stereocenters. The second-order valence-electron chi connectivity index (χ2n) is 4.12. The van der Waals surface area contributed by atoms with E-state index in [1.54, 1.807) is 0 Å². The number of carboxylic acids is 1. The van der Waals surface area contributed by atoms with Crippen molar-refractivity contribution >= 4 is 29.2 Å². The smallest absolute Gasteiger partial charge is 0.304 e. The van der Waals surface area contributed by atoms with E-state index in [0.29, 0.717) is 12.8 Å². The molecule has 0 bridgehead atoms. The number of benzene rings is 1. The van der Waals surface area contributed by atoms with E-state index in [9.17, 15) is 9.59 Å². The monoisotopic (exact) mass is 253 g/mol. The van der Waals surface area contributed by atoms with E-state index in [4.69, 9.17) is 16.7 Å². The Morgan fingerprint density at radius 3 is 3.00 bits per heavy atom. The highest BCUT2D eigenvalue weighted by atomic mass is 35.5. The van der Waals surface area contributed by atoms with Crippen molar-refractivity contribution in [3.8, 4) is 0 Å². The van der Waals surface area contributed by atoms with Crippen molar-refractivity contribution in [2.45, 2.75) is 24.6 Å². The first-order valence-electron chi connectivity index (χ1n) is 5.32. The lowest BCUT2D eigenvalue weighted by molar-refractivity contribution is -0.137. The topological polar surface area (TPSA) is 66.4 Å². The lowest BCUT2D eigenvalue weighted by atomic mass is 10.0. The van der Waals surface area contributed by atoms with Crippen LogP contribution in [-0.4, -0.2) is 22.4 Å². The number of carboxylic acid groups (broad SMARTS) is 1. The van der Waals surface area contributed by atoms with Crippen molar-refractivity contribution in [3.63, 3.8) is 0 Å². The lowest BCUT2D eigenvalue weighted by Crippen LogP contribution is -2.10. The molecule has 0 spiro atoms. The SMILES string of the molecule is O=C(O)CC(Cl)Cc1ccc2c(c1)CC(=O)N2. The Morgan fingerprint density at radius 1 is 1.53 bits per heavy atom. The second-order valence-corrected chi connectivity index (χ2v) is 4.73. The minimum Gasteiger partial charge on any atom is -0.481 e. The minimum absolute atomic E-state index is 0.00916. The van der Waals surface area contributed by atoms with E-state index in [2.05, 4.69) is 5.32 Å². The molecule has 5 heteroatoms. The van der Waals surface area contributed by atoms with Gasteiger partial charge in [0.05, 0.1) is 12.8 Å². The van der Waals surface area contributed by atoms with Crippen molar-refractivity contribution in [1.82, 2.24) is 0 Å². The zero-order chi connectivity index (χ0) is 12.4. The highest BCUT2D eigenvalue weighted by Gasteiger charge is 2.18. The summed E-state index contributed by atoms with van der Waals surface area (Å²) in [5.74, 6) is -0.909. The fourth-order valence-corrected chi connectivity index (χ4v) is 2.24. The summed E-state index contributed by atoms with van der Waals surface area (Å²) in [6, 6.07) is 5.60. The van der Waals surface area contributed by atoms with Crippen LogP contribution in [0.3, 0.4) is 0 Å². The first-order valence-corrected chi connectivity index (χ1v) is 5.76. The molecular formula is C12H12ClNO3. The number of hydrogen-bond donors (Lipinski definition) is 2. The maximum Gasteiger partial charge on any atom is 0.304 e. The first-order chi connectivity index (χ1) is 8.04. The molecule has 0 radical (unpaired) electrons. The van der Waals surface area contributed by atoms with Crippen LogP contribution in [0.25, 0.3) is 0 Å². The summed E-state index contributed by atoms with van der Waals surface area (Å²) in [5, 5.41) is 10.9. The van der Waals surface area contributed by atoms with Crippen LogP contribution in [0.5, 0.6) is 0 Å². The van der Waals surface area contributed by atoms with E-state index < -0.39 is 11.3 Å². The third-order valence-corrected chi connectivity index (χ3v) is 2.96. The molecule has 4 nitrogen and oxygen atoms in total. The Morgan fingerprint density at radius 2 is 2.29 bits per heavy atom. The number of nitrogens with one attached hydrogen (secondary N) is 1. The van der Waals surface area contributed by atoms with Gasteiger partial charge in [-0.15, -0.1) is 11.6 Å². The van der Waals surface area contributed by atoms with Gasteiger partial charge in [-0.05, 0) is 23.6 Å². The van der Waals surface area contributed by atoms with Crippen molar-refractivity contribution < 1.29 is 14.7 Å². The summed E-state index contributed by atoms with van der Waals surface area (Å²) in [6.07, 6.45) is 0.820. The largest absolute Gasteiger partial charge is 0.481 e. The summed E-state index contributed by atoms with van der Waals surface area (Å²) in [6.45, 7) is 0. The number of halogens is 1. The fraction of sp³-hybridized carbons (Fsp3) is 0.333. The molecule has 1 aromatic rings. The molecule has 90 valence electrons. The molecule has 0 saturated heterocycles. The highest BCUT2D eigenvalue weighted by molar-refractivity contribution is 6.21. The lowest BCUT2D eigenvalue weighted by Gasteiger charge is -2.08. The molecule has 0 saturated carbocycles. The molecule has 1 aliphatic rings. The standard InChI is InChI=1S/C12H12ClNO3/c13-9(6-12(16)17)4-7-1-2-10-8(3-7)5-11(15)14-10/h1-3,9H,4-6H2,(H,14,15)(H,16,17). The molecule has 2 N–H and O–H groups in total. The molecule has 1 aliphatic heterocycles. The van der Waals surface area contributed by atoms with Gasteiger partial charge in [0.1, 0.15) is 0 Å². The number of carbonyl (C=O) groups is 2. The van der Waals surface area contributed by atoms with Crippen molar-refractivity contribution in [3.05, 3.63) is 29.3 Å². The number of hydrogen-bond acceptors (Lipinski definition) is 2. The van der Waals surface area contributed by atoms with Gasteiger partial charge in [0.15, 0.2) is 0 Å². The van der Waals surface area contributed by atoms with Gasteiger partial charge < -0.3 is 10.4 Å². The summed E-state index contributed by atoms with van der Waals surface area (Å²) in [4.78, 5) is 21.7. The van der Waals surface area contributed by atoms with E-state index >= 15 is 0 Å². The number of amides is 1. The summed E-state index contributed by atoms with van der Waals surface area (Å²) in [5.41, 5.74) is 2.75.